The molecule has 5 rings (SSSR count). The third-order valence-corrected chi connectivity index (χ3v) is 5.88. The van der Waals surface area contributed by atoms with Gasteiger partial charge in [-0.2, -0.15) is 9.78 Å². The molecule has 6 heteroatoms. The molecule has 1 fully saturated rings. The van der Waals surface area contributed by atoms with E-state index < -0.39 is 0 Å². The van der Waals surface area contributed by atoms with Gasteiger partial charge in [-0.25, -0.2) is 0 Å². The van der Waals surface area contributed by atoms with Crippen LogP contribution in [0.5, 0.6) is 0 Å². The molecule has 3 aromatic carbocycles. The molecular formula is C25H20ClN3O2. The maximum atomic E-state index is 13.4. The smallest absolute Gasteiger partial charge is 0.279 e. The number of carbonyl (C=O) groups is 1. The fourth-order valence-electron chi connectivity index (χ4n) is 3.88. The van der Waals surface area contributed by atoms with Gasteiger partial charge in [-0.3, -0.25) is 9.59 Å². The van der Waals surface area contributed by atoms with Crippen LogP contribution in [0.4, 0.5) is 0 Å². The second-order valence-electron chi connectivity index (χ2n) is 7.79. The Morgan fingerprint density at radius 1 is 0.935 bits per heavy atom. The third-order valence-electron chi connectivity index (χ3n) is 5.63. The van der Waals surface area contributed by atoms with E-state index in [4.69, 9.17) is 11.6 Å². The molecule has 1 amide bonds. The summed E-state index contributed by atoms with van der Waals surface area (Å²) in [5.41, 5.74) is 1.61. The minimum atomic E-state index is -0.298. The second-order valence-corrected chi connectivity index (χ2v) is 8.22. The van der Waals surface area contributed by atoms with E-state index in [0.717, 1.165) is 18.4 Å². The van der Waals surface area contributed by atoms with Crippen molar-refractivity contribution in [3.8, 4) is 5.69 Å². The van der Waals surface area contributed by atoms with Crippen molar-refractivity contribution in [1.29, 1.82) is 0 Å². The van der Waals surface area contributed by atoms with Crippen LogP contribution in [0.1, 0.15) is 34.9 Å². The molecule has 1 saturated carbocycles. The average Bonchev–Trinajstić information content (AvgIpc) is 3.64. The first-order valence-corrected chi connectivity index (χ1v) is 10.6. The van der Waals surface area contributed by atoms with Gasteiger partial charge in [0.05, 0.1) is 17.1 Å². The number of rotatable bonds is 5. The zero-order chi connectivity index (χ0) is 21.4. The molecule has 1 unspecified atom stereocenters. The highest BCUT2D eigenvalue weighted by Crippen LogP contribution is 2.41. The molecule has 1 aliphatic rings. The van der Waals surface area contributed by atoms with E-state index in [2.05, 4.69) is 10.4 Å². The number of nitrogens with zero attached hydrogens (tertiary/aromatic N) is 2. The molecule has 31 heavy (non-hydrogen) atoms. The summed E-state index contributed by atoms with van der Waals surface area (Å²) in [6.45, 7) is 0. The maximum Gasteiger partial charge on any atom is 0.279 e. The molecule has 154 valence electrons. The number of amides is 1. The molecule has 0 saturated heterocycles. The van der Waals surface area contributed by atoms with Crippen LogP contribution < -0.4 is 10.9 Å². The quantitative estimate of drug-likeness (QED) is 0.489. The Balaban J connectivity index is 1.59. The Bertz CT molecular complexity index is 1310. The van der Waals surface area contributed by atoms with Crippen LogP contribution in [-0.4, -0.2) is 15.7 Å². The van der Waals surface area contributed by atoms with Gasteiger partial charge in [0.2, 0.25) is 0 Å². The number of para-hydroxylation sites is 1. The summed E-state index contributed by atoms with van der Waals surface area (Å²) in [5.74, 6) is 0.0872. The van der Waals surface area contributed by atoms with Crippen LogP contribution in [0.25, 0.3) is 16.5 Å². The maximum absolute atomic E-state index is 13.4. The van der Waals surface area contributed by atoms with Crippen molar-refractivity contribution in [2.24, 2.45) is 5.92 Å². The van der Waals surface area contributed by atoms with E-state index in [1.54, 1.807) is 30.3 Å². The molecule has 5 nitrogen and oxygen atoms in total. The molecule has 1 N–H and O–H groups in total. The van der Waals surface area contributed by atoms with Crippen molar-refractivity contribution in [1.82, 2.24) is 15.1 Å². The first kappa shape index (κ1) is 19.5. The number of carbonyl (C=O) groups excluding carboxylic acids is 1. The number of fused-ring (bicyclic) bond motifs is 1. The predicted molar refractivity (Wildman–Crippen MR) is 122 cm³/mol. The summed E-state index contributed by atoms with van der Waals surface area (Å²) in [6.07, 6.45) is 2.12. The molecule has 0 spiro atoms. The minimum absolute atomic E-state index is 0.123. The topological polar surface area (TPSA) is 64.0 Å². The second kappa shape index (κ2) is 8.00. The highest BCUT2D eigenvalue weighted by atomic mass is 35.5. The van der Waals surface area contributed by atoms with Crippen LogP contribution in [0.15, 0.2) is 83.7 Å². The fraction of sp³-hybridized carbons (Fsp3) is 0.160. The van der Waals surface area contributed by atoms with E-state index in [-0.39, 0.29) is 23.2 Å². The highest BCUT2D eigenvalue weighted by Gasteiger charge is 2.34. The zero-order valence-corrected chi connectivity index (χ0v) is 17.4. The molecule has 1 atom stereocenters. The van der Waals surface area contributed by atoms with E-state index in [9.17, 15) is 9.59 Å². The van der Waals surface area contributed by atoms with Gasteiger partial charge >= 0.3 is 0 Å². The van der Waals surface area contributed by atoms with Gasteiger partial charge in [0, 0.05) is 10.4 Å². The first-order valence-electron chi connectivity index (χ1n) is 10.3. The van der Waals surface area contributed by atoms with Gasteiger partial charge in [0.15, 0.2) is 5.69 Å². The monoisotopic (exact) mass is 429 g/mol. The first-order chi connectivity index (χ1) is 15.1. The summed E-state index contributed by atoms with van der Waals surface area (Å²) < 4.78 is 1.30. The normalized spacial score (nSPS) is 14.4. The van der Waals surface area contributed by atoms with Crippen molar-refractivity contribution in [3.05, 3.63) is 105 Å². The number of hydrogen-bond acceptors (Lipinski definition) is 3. The van der Waals surface area contributed by atoms with Crippen LogP contribution in [-0.2, 0) is 0 Å². The number of hydrogen-bond donors (Lipinski definition) is 1. The molecule has 0 bridgehead atoms. The molecule has 0 radical (unpaired) electrons. The van der Waals surface area contributed by atoms with E-state index >= 15 is 0 Å². The van der Waals surface area contributed by atoms with Crippen molar-refractivity contribution in [2.45, 2.75) is 18.9 Å². The largest absolute Gasteiger partial charge is 0.344 e. The van der Waals surface area contributed by atoms with E-state index in [1.165, 1.54) is 4.68 Å². The van der Waals surface area contributed by atoms with Gasteiger partial charge in [0.25, 0.3) is 11.5 Å². The van der Waals surface area contributed by atoms with Crippen molar-refractivity contribution < 1.29 is 4.79 Å². The predicted octanol–water partition coefficient (Wildman–Crippen LogP) is 4.92. The number of nitrogens with one attached hydrogen (secondary N) is 1. The Hall–Kier alpha value is -3.44. The Morgan fingerprint density at radius 3 is 2.26 bits per heavy atom. The van der Waals surface area contributed by atoms with Crippen molar-refractivity contribution in [2.75, 3.05) is 0 Å². The Labute approximate surface area is 184 Å². The van der Waals surface area contributed by atoms with Gasteiger partial charge < -0.3 is 5.32 Å². The van der Waals surface area contributed by atoms with E-state index in [1.807, 2.05) is 48.5 Å². The SMILES string of the molecule is O=C(NC(c1ccc(Cl)cc1)C1CC1)c1nn(-c2ccccc2)c(=O)c2ccccc12. The molecule has 4 aromatic rings. The molecule has 1 aliphatic carbocycles. The lowest BCUT2D eigenvalue weighted by Crippen LogP contribution is -2.33. The summed E-state index contributed by atoms with van der Waals surface area (Å²) in [5, 5.41) is 9.31. The van der Waals surface area contributed by atoms with Crippen LogP contribution in [0.3, 0.4) is 0 Å². The lowest BCUT2D eigenvalue weighted by atomic mass is 10.0. The molecular weight excluding hydrogens is 410 g/mol. The summed E-state index contributed by atoms with van der Waals surface area (Å²) in [7, 11) is 0. The summed E-state index contributed by atoms with van der Waals surface area (Å²) in [4.78, 5) is 26.5. The lowest BCUT2D eigenvalue weighted by molar-refractivity contribution is 0.0927. The van der Waals surface area contributed by atoms with Gasteiger partial charge in [-0.15, -0.1) is 0 Å². The standard InChI is InChI=1S/C25H20ClN3O2/c26-18-14-12-17(13-15-18)22(16-10-11-16)27-24(30)23-20-8-4-5-9-21(20)25(31)29(28-23)19-6-2-1-3-7-19/h1-9,12-16,22H,10-11H2,(H,27,30). The van der Waals surface area contributed by atoms with Crippen LogP contribution in [0.2, 0.25) is 5.02 Å². The Kier molecular flexibility index (Phi) is 5.04. The number of benzene rings is 3. The van der Waals surface area contributed by atoms with Gasteiger partial charge in [-0.1, -0.05) is 60.1 Å². The average molecular weight is 430 g/mol. The molecule has 1 aromatic heterocycles. The molecule has 1 heterocycles. The molecule has 0 aliphatic heterocycles. The number of aromatic nitrogens is 2. The van der Waals surface area contributed by atoms with Crippen LogP contribution >= 0.6 is 11.6 Å². The van der Waals surface area contributed by atoms with Crippen molar-refractivity contribution in [3.63, 3.8) is 0 Å². The summed E-state index contributed by atoms with van der Waals surface area (Å²) >= 11 is 6.04. The van der Waals surface area contributed by atoms with Gasteiger partial charge in [-0.05, 0) is 54.7 Å². The van der Waals surface area contributed by atoms with Crippen molar-refractivity contribution >= 4 is 28.3 Å². The number of halogens is 1. The summed E-state index contributed by atoms with van der Waals surface area (Å²) in [6, 6.07) is 23.7. The van der Waals surface area contributed by atoms with Gasteiger partial charge in [0.1, 0.15) is 0 Å². The van der Waals surface area contributed by atoms with Crippen LogP contribution in [0, 0.1) is 5.92 Å². The highest BCUT2D eigenvalue weighted by molar-refractivity contribution is 6.30. The lowest BCUT2D eigenvalue weighted by Gasteiger charge is -2.19. The Morgan fingerprint density at radius 2 is 1.58 bits per heavy atom. The zero-order valence-electron chi connectivity index (χ0n) is 16.7. The fourth-order valence-corrected chi connectivity index (χ4v) is 4.01. The third kappa shape index (κ3) is 3.84. The minimum Gasteiger partial charge on any atom is -0.344 e. The van der Waals surface area contributed by atoms with E-state index in [0.29, 0.717) is 27.4 Å².